The van der Waals surface area contributed by atoms with Crippen LogP contribution in [0, 0.1) is 17.6 Å². The first-order chi connectivity index (χ1) is 11.6. The van der Waals surface area contributed by atoms with Crippen molar-refractivity contribution >= 4 is 17.3 Å². The molecule has 1 aromatic carbocycles. The van der Waals surface area contributed by atoms with E-state index < -0.39 is 11.6 Å². The normalized spacial score (nSPS) is 15.3. The molecule has 0 unspecified atom stereocenters. The van der Waals surface area contributed by atoms with Gasteiger partial charge in [-0.3, -0.25) is 0 Å². The predicted molar refractivity (Wildman–Crippen MR) is 90.5 cm³/mol. The molecule has 5 nitrogen and oxygen atoms in total. The molecule has 0 amide bonds. The molecule has 0 aliphatic carbocycles. The van der Waals surface area contributed by atoms with Crippen LogP contribution in [0.4, 0.5) is 26.1 Å². The SMILES string of the molecule is CN(CC1CCNCC1)c1cc(Nc2cc(F)ccc2F)ncn1. The fraction of sp³-hybridized carbons (Fsp3) is 0.412. The van der Waals surface area contributed by atoms with Crippen molar-refractivity contribution in [3.05, 3.63) is 42.2 Å². The van der Waals surface area contributed by atoms with Crippen LogP contribution >= 0.6 is 0 Å². The molecule has 128 valence electrons. The molecule has 0 bridgehead atoms. The van der Waals surface area contributed by atoms with E-state index >= 15 is 0 Å². The predicted octanol–water partition coefficient (Wildman–Crippen LogP) is 2.93. The fourth-order valence-electron chi connectivity index (χ4n) is 2.90. The van der Waals surface area contributed by atoms with Gasteiger partial charge in [0.25, 0.3) is 0 Å². The second-order valence-corrected chi connectivity index (χ2v) is 6.08. The minimum atomic E-state index is -0.528. The van der Waals surface area contributed by atoms with Crippen LogP contribution in [0.15, 0.2) is 30.6 Å². The third kappa shape index (κ3) is 4.17. The number of rotatable bonds is 5. The molecule has 0 radical (unpaired) electrons. The molecule has 2 heterocycles. The van der Waals surface area contributed by atoms with Crippen molar-refractivity contribution in [3.8, 4) is 0 Å². The zero-order chi connectivity index (χ0) is 16.9. The Labute approximate surface area is 140 Å². The summed E-state index contributed by atoms with van der Waals surface area (Å²) in [5.74, 6) is 0.781. The molecule has 1 aromatic heterocycles. The molecule has 1 aliphatic rings. The van der Waals surface area contributed by atoms with Gasteiger partial charge < -0.3 is 15.5 Å². The summed E-state index contributed by atoms with van der Waals surface area (Å²) in [6.07, 6.45) is 3.72. The smallest absolute Gasteiger partial charge is 0.146 e. The largest absolute Gasteiger partial charge is 0.359 e. The Morgan fingerprint density at radius 2 is 2.00 bits per heavy atom. The van der Waals surface area contributed by atoms with Gasteiger partial charge in [-0.25, -0.2) is 18.7 Å². The fourth-order valence-corrected chi connectivity index (χ4v) is 2.90. The van der Waals surface area contributed by atoms with Crippen molar-refractivity contribution in [3.63, 3.8) is 0 Å². The minimum absolute atomic E-state index is 0.0562. The maximum atomic E-state index is 13.7. The number of benzene rings is 1. The highest BCUT2D eigenvalue weighted by atomic mass is 19.1. The Hall–Kier alpha value is -2.28. The minimum Gasteiger partial charge on any atom is -0.359 e. The summed E-state index contributed by atoms with van der Waals surface area (Å²) in [7, 11) is 1.98. The Balaban J connectivity index is 1.70. The topological polar surface area (TPSA) is 53.1 Å². The van der Waals surface area contributed by atoms with Gasteiger partial charge >= 0.3 is 0 Å². The quantitative estimate of drug-likeness (QED) is 0.881. The average Bonchev–Trinajstić information content (AvgIpc) is 2.59. The summed E-state index contributed by atoms with van der Waals surface area (Å²) in [6.45, 7) is 3.01. The molecular formula is C17H21F2N5. The number of hydrogen-bond donors (Lipinski definition) is 2. The first-order valence-electron chi connectivity index (χ1n) is 8.08. The van der Waals surface area contributed by atoms with E-state index in [2.05, 4.69) is 25.5 Å². The van der Waals surface area contributed by atoms with Gasteiger partial charge in [0.2, 0.25) is 0 Å². The lowest BCUT2D eigenvalue weighted by molar-refractivity contribution is 0.377. The lowest BCUT2D eigenvalue weighted by atomic mass is 9.98. The Morgan fingerprint density at radius 3 is 2.79 bits per heavy atom. The van der Waals surface area contributed by atoms with Gasteiger partial charge in [0.05, 0.1) is 5.69 Å². The highest BCUT2D eigenvalue weighted by Gasteiger charge is 2.16. The number of piperidine rings is 1. The van der Waals surface area contributed by atoms with Crippen LogP contribution in [0.3, 0.4) is 0 Å². The van der Waals surface area contributed by atoms with Gasteiger partial charge in [0.1, 0.15) is 29.6 Å². The molecule has 7 heteroatoms. The summed E-state index contributed by atoms with van der Waals surface area (Å²) in [5, 5.41) is 6.16. The van der Waals surface area contributed by atoms with Crippen LogP contribution in [-0.2, 0) is 0 Å². The monoisotopic (exact) mass is 333 g/mol. The van der Waals surface area contributed by atoms with Crippen LogP contribution in [0.25, 0.3) is 0 Å². The average molecular weight is 333 g/mol. The molecule has 1 fully saturated rings. The van der Waals surface area contributed by atoms with E-state index in [4.69, 9.17) is 0 Å². The third-order valence-corrected chi connectivity index (χ3v) is 4.23. The number of aromatic nitrogens is 2. The van der Waals surface area contributed by atoms with E-state index in [0.29, 0.717) is 11.7 Å². The summed E-state index contributed by atoms with van der Waals surface area (Å²) in [5.41, 5.74) is 0.0562. The summed E-state index contributed by atoms with van der Waals surface area (Å²) in [4.78, 5) is 10.4. The molecule has 1 aliphatic heterocycles. The lowest BCUT2D eigenvalue weighted by Gasteiger charge is -2.28. The first-order valence-corrected chi connectivity index (χ1v) is 8.08. The number of anilines is 3. The maximum absolute atomic E-state index is 13.7. The Bertz CT molecular complexity index is 688. The summed E-state index contributed by atoms with van der Waals surface area (Å²) < 4.78 is 27.0. The van der Waals surface area contributed by atoms with Gasteiger partial charge in [-0.05, 0) is 44.0 Å². The van der Waals surface area contributed by atoms with Crippen molar-refractivity contribution in [2.75, 3.05) is 36.9 Å². The van der Waals surface area contributed by atoms with Crippen LogP contribution in [0.5, 0.6) is 0 Å². The second kappa shape index (κ2) is 7.53. The van der Waals surface area contributed by atoms with Gasteiger partial charge in [-0.2, -0.15) is 0 Å². The number of halogens is 2. The number of nitrogens with one attached hydrogen (secondary N) is 2. The zero-order valence-electron chi connectivity index (χ0n) is 13.6. The summed E-state index contributed by atoms with van der Waals surface area (Å²) in [6, 6.07) is 5.02. The second-order valence-electron chi connectivity index (χ2n) is 6.08. The molecular weight excluding hydrogens is 312 g/mol. The van der Waals surface area contributed by atoms with Crippen LogP contribution in [0.1, 0.15) is 12.8 Å². The molecule has 1 saturated heterocycles. The molecule has 2 N–H and O–H groups in total. The molecule has 0 spiro atoms. The van der Waals surface area contributed by atoms with Crippen molar-refractivity contribution in [1.29, 1.82) is 0 Å². The molecule has 3 rings (SSSR count). The van der Waals surface area contributed by atoms with Gasteiger partial charge in [-0.15, -0.1) is 0 Å². The Kier molecular flexibility index (Phi) is 5.20. The van der Waals surface area contributed by atoms with Gasteiger partial charge in [0.15, 0.2) is 0 Å². The Morgan fingerprint density at radius 1 is 1.21 bits per heavy atom. The van der Waals surface area contributed by atoms with Crippen LogP contribution in [-0.4, -0.2) is 36.6 Å². The van der Waals surface area contributed by atoms with Crippen molar-refractivity contribution in [2.45, 2.75) is 12.8 Å². The van der Waals surface area contributed by atoms with E-state index in [0.717, 1.165) is 56.5 Å². The van der Waals surface area contributed by atoms with E-state index in [1.807, 2.05) is 7.05 Å². The van der Waals surface area contributed by atoms with Gasteiger partial charge in [-0.1, -0.05) is 0 Å². The lowest BCUT2D eigenvalue weighted by Crippen LogP contribution is -2.34. The molecule has 24 heavy (non-hydrogen) atoms. The zero-order valence-corrected chi connectivity index (χ0v) is 13.6. The van der Waals surface area contributed by atoms with E-state index in [9.17, 15) is 8.78 Å². The van der Waals surface area contributed by atoms with Crippen molar-refractivity contribution in [1.82, 2.24) is 15.3 Å². The summed E-state index contributed by atoms with van der Waals surface area (Å²) >= 11 is 0. The molecule has 0 saturated carbocycles. The molecule has 2 aromatic rings. The third-order valence-electron chi connectivity index (χ3n) is 4.23. The van der Waals surface area contributed by atoms with Crippen molar-refractivity contribution < 1.29 is 8.78 Å². The van der Waals surface area contributed by atoms with Crippen LogP contribution in [0.2, 0.25) is 0 Å². The van der Waals surface area contributed by atoms with E-state index in [-0.39, 0.29) is 5.69 Å². The number of hydrogen-bond acceptors (Lipinski definition) is 5. The van der Waals surface area contributed by atoms with Crippen molar-refractivity contribution in [2.24, 2.45) is 5.92 Å². The van der Waals surface area contributed by atoms with E-state index in [1.165, 1.54) is 6.33 Å². The maximum Gasteiger partial charge on any atom is 0.146 e. The number of nitrogens with zero attached hydrogens (tertiary/aromatic N) is 3. The van der Waals surface area contributed by atoms with E-state index in [1.54, 1.807) is 6.07 Å². The standard InChI is InChI=1S/C17H21F2N5/c1-24(10-12-4-6-20-7-5-12)17-9-16(21-11-22-17)23-15-8-13(18)2-3-14(15)19/h2-3,8-9,11-12,20H,4-7,10H2,1H3,(H,21,22,23). The van der Waals surface area contributed by atoms with Gasteiger partial charge in [0, 0.05) is 25.7 Å². The molecule has 0 atom stereocenters. The first kappa shape index (κ1) is 16.6. The van der Waals surface area contributed by atoms with Crippen LogP contribution < -0.4 is 15.5 Å². The highest BCUT2D eigenvalue weighted by Crippen LogP contribution is 2.22. The highest BCUT2D eigenvalue weighted by molar-refractivity contribution is 5.59.